The van der Waals surface area contributed by atoms with Gasteiger partial charge in [-0.2, -0.15) is 4.31 Å². The maximum absolute atomic E-state index is 12.7. The van der Waals surface area contributed by atoms with Crippen LogP contribution in [0.3, 0.4) is 0 Å². The highest BCUT2D eigenvalue weighted by atomic mass is 35.5. The maximum atomic E-state index is 12.7. The largest absolute Gasteiger partial charge is 0.321 e. The van der Waals surface area contributed by atoms with Crippen molar-refractivity contribution in [3.05, 3.63) is 45.1 Å². The van der Waals surface area contributed by atoms with E-state index in [0.717, 1.165) is 12.8 Å². The number of thiophene rings is 1. The van der Waals surface area contributed by atoms with Crippen molar-refractivity contribution in [1.29, 1.82) is 0 Å². The molecule has 0 spiro atoms. The standard InChI is InChI=1S/C16H17ClN2O3S2/c1-11-15(24(21,22)19-7-2-3-8-19)10-14(23-11)16(20)18-13-6-4-5-12(17)9-13/h4-6,9-10H,2-3,7-8H2,1H3,(H,18,20). The smallest absolute Gasteiger partial charge is 0.265 e. The third kappa shape index (κ3) is 3.49. The molecule has 2 heterocycles. The number of carbonyl (C=O) groups is 1. The molecule has 3 rings (SSSR count). The number of nitrogens with zero attached hydrogens (tertiary/aromatic N) is 1. The van der Waals surface area contributed by atoms with Crippen molar-refractivity contribution in [3.63, 3.8) is 0 Å². The molecular formula is C16H17ClN2O3S2. The summed E-state index contributed by atoms with van der Waals surface area (Å²) in [7, 11) is -3.52. The number of carbonyl (C=O) groups excluding carboxylic acids is 1. The minimum atomic E-state index is -3.52. The Morgan fingerprint density at radius 1 is 1.25 bits per heavy atom. The lowest BCUT2D eigenvalue weighted by Gasteiger charge is -2.14. The topological polar surface area (TPSA) is 66.5 Å². The zero-order valence-corrected chi connectivity index (χ0v) is 15.5. The molecule has 0 saturated carbocycles. The molecule has 0 radical (unpaired) electrons. The number of benzene rings is 1. The molecule has 0 unspecified atom stereocenters. The Kier molecular flexibility index (Phi) is 4.96. The van der Waals surface area contributed by atoms with E-state index in [2.05, 4.69) is 5.32 Å². The van der Waals surface area contributed by atoms with Crippen LogP contribution in [-0.4, -0.2) is 31.7 Å². The molecule has 2 aromatic rings. The summed E-state index contributed by atoms with van der Waals surface area (Å²) in [5.41, 5.74) is 0.572. The average molecular weight is 385 g/mol. The van der Waals surface area contributed by atoms with Gasteiger partial charge in [-0.25, -0.2) is 8.42 Å². The fraction of sp³-hybridized carbons (Fsp3) is 0.312. The predicted octanol–water partition coefficient (Wildman–Crippen LogP) is 3.75. The fourth-order valence-corrected chi connectivity index (χ4v) is 5.82. The number of hydrogen-bond acceptors (Lipinski definition) is 4. The molecule has 1 aromatic carbocycles. The van der Waals surface area contributed by atoms with Gasteiger partial charge in [-0.3, -0.25) is 4.79 Å². The first-order valence-corrected chi connectivity index (χ1v) is 10.2. The molecule has 1 amide bonds. The van der Waals surface area contributed by atoms with Crippen LogP contribution >= 0.6 is 22.9 Å². The van der Waals surface area contributed by atoms with Crippen LogP contribution in [0.2, 0.25) is 5.02 Å². The Morgan fingerprint density at radius 2 is 1.96 bits per heavy atom. The van der Waals surface area contributed by atoms with Crippen LogP contribution in [0.15, 0.2) is 35.2 Å². The number of anilines is 1. The summed E-state index contributed by atoms with van der Waals surface area (Å²) in [4.78, 5) is 13.6. The summed E-state index contributed by atoms with van der Waals surface area (Å²) in [5, 5.41) is 3.26. The quantitative estimate of drug-likeness (QED) is 0.872. The number of aryl methyl sites for hydroxylation is 1. The highest BCUT2D eigenvalue weighted by Gasteiger charge is 2.30. The second kappa shape index (κ2) is 6.84. The zero-order chi connectivity index (χ0) is 17.3. The first-order valence-electron chi connectivity index (χ1n) is 7.55. The van der Waals surface area contributed by atoms with Crippen LogP contribution in [0.1, 0.15) is 27.4 Å². The Labute approximate surface area is 150 Å². The Morgan fingerprint density at radius 3 is 2.62 bits per heavy atom. The zero-order valence-electron chi connectivity index (χ0n) is 13.1. The van der Waals surface area contributed by atoms with Gasteiger partial charge in [-0.1, -0.05) is 17.7 Å². The van der Waals surface area contributed by atoms with E-state index < -0.39 is 10.0 Å². The third-order valence-corrected chi connectivity index (χ3v) is 7.30. The summed E-state index contributed by atoms with van der Waals surface area (Å²) in [6.07, 6.45) is 1.76. The van der Waals surface area contributed by atoms with Crippen molar-refractivity contribution in [2.45, 2.75) is 24.7 Å². The molecule has 0 bridgehead atoms. The Bertz CT molecular complexity index is 871. The molecule has 1 saturated heterocycles. The second-order valence-electron chi connectivity index (χ2n) is 5.61. The van der Waals surface area contributed by atoms with Gasteiger partial charge in [-0.15, -0.1) is 11.3 Å². The van der Waals surface area contributed by atoms with Crippen molar-refractivity contribution in [3.8, 4) is 0 Å². The average Bonchev–Trinajstić information content (AvgIpc) is 3.17. The van der Waals surface area contributed by atoms with E-state index in [4.69, 9.17) is 11.6 Å². The maximum Gasteiger partial charge on any atom is 0.265 e. The predicted molar refractivity (Wildman–Crippen MR) is 96.5 cm³/mol. The second-order valence-corrected chi connectivity index (χ2v) is 9.21. The SMILES string of the molecule is Cc1sc(C(=O)Nc2cccc(Cl)c2)cc1S(=O)(=O)N1CCCC1. The molecule has 1 aliphatic heterocycles. The summed E-state index contributed by atoms with van der Waals surface area (Å²) in [6, 6.07) is 8.29. The van der Waals surface area contributed by atoms with Crippen molar-refractivity contribution in [1.82, 2.24) is 4.31 Å². The lowest BCUT2D eigenvalue weighted by atomic mass is 10.3. The summed E-state index contributed by atoms with van der Waals surface area (Å²) in [6.45, 7) is 2.81. The monoisotopic (exact) mass is 384 g/mol. The van der Waals surface area contributed by atoms with Gasteiger partial charge in [0.1, 0.15) is 0 Å². The lowest BCUT2D eigenvalue weighted by Crippen LogP contribution is -2.28. The number of nitrogens with one attached hydrogen (secondary N) is 1. The van der Waals surface area contributed by atoms with Gasteiger partial charge in [0, 0.05) is 28.7 Å². The first-order chi connectivity index (χ1) is 11.4. The fourth-order valence-electron chi connectivity index (χ4n) is 2.66. The van der Waals surface area contributed by atoms with Gasteiger partial charge < -0.3 is 5.32 Å². The molecule has 128 valence electrons. The minimum Gasteiger partial charge on any atom is -0.321 e. The van der Waals surface area contributed by atoms with Crippen molar-refractivity contribution < 1.29 is 13.2 Å². The highest BCUT2D eigenvalue weighted by molar-refractivity contribution is 7.89. The van der Waals surface area contributed by atoms with Crippen LogP contribution < -0.4 is 5.32 Å². The van der Waals surface area contributed by atoms with E-state index in [1.165, 1.54) is 21.7 Å². The first kappa shape index (κ1) is 17.4. The van der Waals surface area contributed by atoms with Crippen molar-refractivity contribution in [2.24, 2.45) is 0 Å². The summed E-state index contributed by atoms with van der Waals surface area (Å²) in [5.74, 6) is -0.340. The van der Waals surface area contributed by atoms with Gasteiger partial charge in [0.25, 0.3) is 5.91 Å². The van der Waals surface area contributed by atoms with Gasteiger partial charge in [0.2, 0.25) is 10.0 Å². The number of halogens is 1. The molecule has 24 heavy (non-hydrogen) atoms. The van der Waals surface area contributed by atoms with E-state index in [0.29, 0.717) is 33.6 Å². The molecule has 1 aromatic heterocycles. The highest BCUT2D eigenvalue weighted by Crippen LogP contribution is 2.30. The van der Waals surface area contributed by atoms with Crippen LogP contribution in [0.4, 0.5) is 5.69 Å². The van der Waals surface area contributed by atoms with Crippen molar-refractivity contribution >= 4 is 44.6 Å². The van der Waals surface area contributed by atoms with Crippen LogP contribution in [0.25, 0.3) is 0 Å². The van der Waals surface area contributed by atoms with Crippen molar-refractivity contribution in [2.75, 3.05) is 18.4 Å². The Hall–Kier alpha value is -1.41. The Balaban J connectivity index is 1.84. The van der Waals surface area contributed by atoms with E-state index in [9.17, 15) is 13.2 Å². The molecule has 5 nitrogen and oxygen atoms in total. The van der Waals surface area contributed by atoms with Gasteiger partial charge in [-0.05, 0) is 44.0 Å². The van der Waals surface area contributed by atoms with Gasteiger partial charge in [0.05, 0.1) is 9.77 Å². The molecule has 0 atom stereocenters. The minimum absolute atomic E-state index is 0.227. The van der Waals surface area contributed by atoms with Crippen LogP contribution in [0, 0.1) is 6.92 Å². The number of amides is 1. The third-order valence-electron chi connectivity index (χ3n) is 3.86. The van der Waals surface area contributed by atoms with E-state index >= 15 is 0 Å². The van der Waals surface area contributed by atoms with E-state index in [1.54, 1.807) is 31.2 Å². The molecular weight excluding hydrogens is 368 g/mol. The summed E-state index contributed by atoms with van der Waals surface area (Å²) >= 11 is 7.08. The number of hydrogen-bond donors (Lipinski definition) is 1. The van der Waals surface area contributed by atoms with Gasteiger partial charge >= 0.3 is 0 Å². The molecule has 1 aliphatic rings. The van der Waals surface area contributed by atoms with Gasteiger partial charge in [0.15, 0.2) is 0 Å². The normalized spacial score (nSPS) is 15.6. The molecule has 0 aliphatic carbocycles. The van der Waals surface area contributed by atoms with E-state index in [1.807, 2.05) is 0 Å². The summed E-state index contributed by atoms with van der Waals surface area (Å²) < 4.78 is 26.8. The number of sulfonamides is 1. The van der Waals surface area contributed by atoms with Crippen LogP contribution in [-0.2, 0) is 10.0 Å². The molecule has 1 N–H and O–H groups in total. The molecule has 8 heteroatoms. The number of rotatable bonds is 4. The molecule has 1 fully saturated rings. The van der Waals surface area contributed by atoms with E-state index in [-0.39, 0.29) is 10.8 Å². The lowest BCUT2D eigenvalue weighted by molar-refractivity contribution is 0.103. The van der Waals surface area contributed by atoms with Crippen LogP contribution in [0.5, 0.6) is 0 Å².